The summed E-state index contributed by atoms with van der Waals surface area (Å²) < 4.78 is 12.3. The maximum Gasteiger partial charge on any atom is 0.316 e. The van der Waals surface area contributed by atoms with Crippen LogP contribution in [0.2, 0.25) is 0 Å². The van der Waals surface area contributed by atoms with Gasteiger partial charge in [-0.3, -0.25) is 14.4 Å². The summed E-state index contributed by atoms with van der Waals surface area (Å²) in [6.07, 6.45) is 7.65. The van der Waals surface area contributed by atoms with Crippen LogP contribution in [0.5, 0.6) is 0 Å². The fourth-order valence-corrected chi connectivity index (χ4v) is 13.0. The Morgan fingerprint density at radius 1 is 0.820 bits per heavy atom. The van der Waals surface area contributed by atoms with Crippen molar-refractivity contribution in [3.63, 3.8) is 0 Å². The van der Waals surface area contributed by atoms with Crippen LogP contribution in [0, 0.1) is 50.7 Å². The number of aliphatic hydroxyl groups excluding tert-OH is 3. The molecule has 0 heterocycles. The van der Waals surface area contributed by atoms with Crippen molar-refractivity contribution in [2.75, 3.05) is 52.6 Å². The van der Waals surface area contributed by atoms with E-state index in [9.17, 15) is 29.7 Å². The van der Waals surface area contributed by atoms with Gasteiger partial charge in [0.15, 0.2) is 5.78 Å². The molecule has 5 rings (SSSR count). The Hall–Kier alpha value is -1.33. The molecule has 9 nitrogen and oxygen atoms in total. The second-order valence-electron chi connectivity index (χ2n) is 18.3. The molecule has 0 aromatic heterocycles. The molecule has 8 unspecified atom stereocenters. The summed E-state index contributed by atoms with van der Waals surface area (Å²) in [5, 5.41) is 29.2. The lowest BCUT2D eigenvalue weighted by molar-refractivity contribution is -0.929. The summed E-state index contributed by atoms with van der Waals surface area (Å²) in [4.78, 5) is 40.4. The quantitative estimate of drug-likeness (QED) is 0.204. The van der Waals surface area contributed by atoms with Crippen molar-refractivity contribution in [3.8, 4) is 0 Å². The molecule has 0 aliphatic heterocycles. The second-order valence-corrected chi connectivity index (χ2v) is 18.3. The van der Waals surface area contributed by atoms with Crippen LogP contribution in [0.1, 0.15) is 113 Å². The molecular formula is C40H66BrNO8. The number of nitrogens with zero attached hydrogens (tertiary/aromatic N) is 1. The highest BCUT2D eigenvalue weighted by Gasteiger charge is 2.71. The summed E-state index contributed by atoms with van der Waals surface area (Å²) >= 11 is 0. The van der Waals surface area contributed by atoms with Crippen molar-refractivity contribution in [2.24, 2.45) is 50.7 Å². The number of carbonyl (C=O) groups excluding carboxylic acids is 3. The van der Waals surface area contributed by atoms with Crippen molar-refractivity contribution >= 4 is 17.7 Å². The molecule has 50 heavy (non-hydrogen) atoms. The van der Waals surface area contributed by atoms with Gasteiger partial charge in [-0.1, -0.05) is 48.5 Å². The summed E-state index contributed by atoms with van der Waals surface area (Å²) in [5.41, 5.74) is 0.908. The van der Waals surface area contributed by atoms with Crippen LogP contribution in [0.15, 0.2) is 11.1 Å². The van der Waals surface area contributed by atoms with Crippen molar-refractivity contribution in [1.82, 2.24) is 0 Å². The molecule has 0 aromatic rings. The molecule has 286 valence electrons. The topological polar surface area (TPSA) is 130 Å². The van der Waals surface area contributed by atoms with E-state index in [0.29, 0.717) is 44.4 Å². The maximum absolute atomic E-state index is 14.4. The van der Waals surface area contributed by atoms with Crippen LogP contribution in [-0.2, 0) is 23.9 Å². The van der Waals surface area contributed by atoms with E-state index in [-0.39, 0.29) is 112 Å². The fourth-order valence-electron chi connectivity index (χ4n) is 13.0. The third-order valence-corrected chi connectivity index (χ3v) is 15.6. The number of esters is 2. The minimum absolute atomic E-state index is 0. The number of hydrogen-bond donors (Lipinski definition) is 3. The number of ether oxygens (including phenoxy) is 2. The first kappa shape index (κ1) is 41.4. The molecule has 0 amide bonds. The third-order valence-electron chi connectivity index (χ3n) is 15.6. The zero-order valence-electron chi connectivity index (χ0n) is 32.1. The average molecular weight is 769 g/mol. The van der Waals surface area contributed by atoms with Gasteiger partial charge < -0.3 is 46.3 Å². The Morgan fingerprint density at radius 2 is 1.44 bits per heavy atom. The van der Waals surface area contributed by atoms with E-state index in [1.165, 1.54) is 6.92 Å². The van der Waals surface area contributed by atoms with E-state index in [2.05, 4.69) is 48.5 Å². The number of rotatable bonds is 12. The second kappa shape index (κ2) is 14.8. The Balaban J connectivity index is 0.00000562. The SMILES string of the molecule is CC(=O)OC1CCC2(C)C(CCC3(C)C2CCC2C4=C(C(C)C)C(=O)CC4(C(=O)OCC[N+](CCO)(CCO)CCO)CCC23C)C1(C)C.[Br-]. The van der Waals surface area contributed by atoms with Gasteiger partial charge in [-0.25, -0.2) is 0 Å². The summed E-state index contributed by atoms with van der Waals surface area (Å²) in [6, 6.07) is 0. The lowest BCUT2D eigenvalue weighted by Gasteiger charge is -2.72. The van der Waals surface area contributed by atoms with Gasteiger partial charge in [0.2, 0.25) is 0 Å². The van der Waals surface area contributed by atoms with Gasteiger partial charge >= 0.3 is 11.9 Å². The van der Waals surface area contributed by atoms with Crippen LogP contribution in [0.3, 0.4) is 0 Å². The first-order valence-corrected chi connectivity index (χ1v) is 19.2. The van der Waals surface area contributed by atoms with Crippen LogP contribution in [0.25, 0.3) is 0 Å². The number of quaternary nitrogens is 1. The molecule has 8 atom stereocenters. The number of fused-ring (bicyclic) bond motifs is 7. The molecule has 4 fully saturated rings. The van der Waals surface area contributed by atoms with Crippen molar-refractivity contribution < 1.29 is 60.6 Å². The zero-order chi connectivity index (χ0) is 36.2. The predicted molar refractivity (Wildman–Crippen MR) is 187 cm³/mol. The number of ketones is 1. The van der Waals surface area contributed by atoms with Crippen molar-refractivity contribution in [1.29, 1.82) is 0 Å². The lowest BCUT2D eigenvalue weighted by Crippen LogP contribution is -3.00. The number of hydrogen-bond acceptors (Lipinski definition) is 8. The van der Waals surface area contributed by atoms with E-state index >= 15 is 0 Å². The highest BCUT2D eigenvalue weighted by Crippen LogP contribution is 2.76. The maximum atomic E-state index is 14.4. The highest BCUT2D eigenvalue weighted by molar-refractivity contribution is 6.06. The van der Waals surface area contributed by atoms with Crippen LogP contribution in [0.4, 0.5) is 0 Å². The molecule has 5 aliphatic carbocycles. The van der Waals surface area contributed by atoms with Crippen LogP contribution >= 0.6 is 0 Å². The smallest absolute Gasteiger partial charge is 0.316 e. The van der Waals surface area contributed by atoms with E-state index in [0.717, 1.165) is 56.1 Å². The number of carbonyl (C=O) groups is 3. The van der Waals surface area contributed by atoms with Gasteiger partial charge in [-0.15, -0.1) is 0 Å². The molecule has 0 saturated heterocycles. The zero-order valence-corrected chi connectivity index (χ0v) is 33.7. The summed E-state index contributed by atoms with van der Waals surface area (Å²) in [6.45, 7) is 19.1. The van der Waals surface area contributed by atoms with Crippen LogP contribution < -0.4 is 17.0 Å². The molecule has 0 bridgehead atoms. The van der Waals surface area contributed by atoms with Crippen molar-refractivity contribution in [2.45, 2.75) is 119 Å². The van der Waals surface area contributed by atoms with Gasteiger partial charge in [0.25, 0.3) is 0 Å². The van der Waals surface area contributed by atoms with E-state index in [1.807, 2.05) is 0 Å². The first-order valence-electron chi connectivity index (χ1n) is 19.2. The minimum Gasteiger partial charge on any atom is -1.00 e. The third kappa shape index (κ3) is 6.36. The predicted octanol–water partition coefficient (Wildman–Crippen LogP) is 2.24. The number of aliphatic hydroxyl groups is 3. The first-order chi connectivity index (χ1) is 22.9. The fraction of sp³-hybridized carbons (Fsp3) is 0.875. The van der Waals surface area contributed by atoms with E-state index < -0.39 is 5.41 Å². The monoisotopic (exact) mass is 767 g/mol. The average Bonchev–Trinajstić information content (AvgIpc) is 3.32. The van der Waals surface area contributed by atoms with Gasteiger partial charge in [0.1, 0.15) is 38.9 Å². The molecule has 3 N–H and O–H groups in total. The summed E-state index contributed by atoms with van der Waals surface area (Å²) in [5.74, 6) is 0.658. The van der Waals surface area contributed by atoms with Gasteiger partial charge in [0, 0.05) is 18.8 Å². The van der Waals surface area contributed by atoms with E-state index in [1.54, 1.807) is 0 Å². The Labute approximate surface area is 311 Å². The number of halogens is 1. The Morgan fingerprint density at radius 3 is 2.00 bits per heavy atom. The number of allylic oxidation sites excluding steroid dienone is 1. The minimum atomic E-state index is -0.949. The van der Waals surface area contributed by atoms with Gasteiger partial charge in [0.05, 0.1) is 25.2 Å². The standard InChI is InChI=1S/C40H66NO8.BrH/c1-26(2)33-29(46)25-40(35(47)48-24-20-41(17-21-42,18-22-43)19-23-44)16-15-38(7)28(34(33)40)9-10-31-37(6)13-12-32(49-27(3)45)36(4,5)30(37)11-14-39(31,38)8;/h26,28,30-32,42-44H,9-25H2,1-8H3;1H/q+1;/p-1. The molecule has 0 radical (unpaired) electrons. The largest absolute Gasteiger partial charge is 1.00 e. The number of Topliss-reactive ketones (excluding diaryl/α,β-unsaturated/α-hetero) is 1. The van der Waals surface area contributed by atoms with E-state index in [4.69, 9.17) is 9.47 Å². The molecule has 4 saturated carbocycles. The lowest BCUT2D eigenvalue weighted by atomic mass is 9.33. The highest BCUT2D eigenvalue weighted by atomic mass is 79.9. The summed E-state index contributed by atoms with van der Waals surface area (Å²) in [7, 11) is 0. The molecular weight excluding hydrogens is 702 g/mol. The molecule has 10 heteroatoms. The van der Waals surface area contributed by atoms with Crippen LogP contribution in [-0.4, -0.2) is 96.2 Å². The normalized spacial score (nSPS) is 37.6. The Bertz CT molecular complexity index is 1310. The van der Waals surface area contributed by atoms with Crippen molar-refractivity contribution in [3.05, 3.63) is 11.1 Å². The molecule has 5 aliphatic rings. The molecule has 0 aromatic carbocycles. The molecule has 0 spiro atoms. The van der Waals surface area contributed by atoms with Gasteiger partial charge in [-0.2, -0.15) is 0 Å². The van der Waals surface area contributed by atoms with Gasteiger partial charge in [-0.05, 0) is 102 Å². The Kier molecular flexibility index (Phi) is 12.3.